The maximum atomic E-state index is 13.9. The standard InChI is InChI=1S/C27H32N2O5.ClH/c1-19-3-2-4-22(17-19)34-23-9-14-29(18-23)27(12-15-33-16-13-27)25(32)28-26(10-11-26)21-7-5-20(6-8-21)24(30)31;/h2-8,17,23H,9-16,18H2,1H3,(H,28,32)(H,30,31);1H/t23-;/m1./s1. The van der Waals surface area contributed by atoms with Crippen LogP contribution in [-0.4, -0.2) is 59.8 Å². The van der Waals surface area contributed by atoms with E-state index in [0.29, 0.717) is 32.6 Å². The summed E-state index contributed by atoms with van der Waals surface area (Å²) in [7, 11) is 0. The highest BCUT2D eigenvalue weighted by Crippen LogP contribution is 2.46. The molecule has 1 amide bonds. The molecule has 2 aliphatic heterocycles. The molecule has 8 heteroatoms. The minimum atomic E-state index is -0.946. The fraction of sp³-hybridized carbons (Fsp3) is 0.481. The van der Waals surface area contributed by atoms with Crippen LogP contribution in [0.3, 0.4) is 0 Å². The van der Waals surface area contributed by atoms with Crippen LogP contribution < -0.4 is 10.1 Å². The van der Waals surface area contributed by atoms with Gasteiger partial charge in [0.1, 0.15) is 17.4 Å². The van der Waals surface area contributed by atoms with Gasteiger partial charge in [-0.25, -0.2) is 4.79 Å². The van der Waals surface area contributed by atoms with E-state index >= 15 is 0 Å². The first-order valence-electron chi connectivity index (χ1n) is 12.1. The SMILES string of the molecule is Cc1cccc(O[C@@H]2CCN(C3(C(=O)NC4(c5ccc(C(=O)O)cc5)CC4)CCOCC3)C2)c1.Cl. The summed E-state index contributed by atoms with van der Waals surface area (Å²) < 4.78 is 11.9. The topological polar surface area (TPSA) is 88.1 Å². The van der Waals surface area contributed by atoms with Gasteiger partial charge in [-0.1, -0.05) is 24.3 Å². The van der Waals surface area contributed by atoms with Crippen LogP contribution in [0.2, 0.25) is 0 Å². The molecular formula is C27H33ClN2O5. The largest absolute Gasteiger partial charge is 0.489 e. The summed E-state index contributed by atoms with van der Waals surface area (Å²) in [5, 5.41) is 12.6. The lowest BCUT2D eigenvalue weighted by molar-refractivity contribution is -0.141. The van der Waals surface area contributed by atoms with E-state index < -0.39 is 17.0 Å². The predicted molar refractivity (Wildman–Crippen MR) is 134 cm³/mol. The molecule has 0 spiro atoms. The third-order valence-electron chi connectivity index (χ3n) is 7.57. The summed E-state index contributed by atoms with van der Waals surface area (Å²) >= 11 is 0. The van der Waals surface area contributed by atoms with Crippen molar-refractivity contribution in [1.82, 2.24) is 10.2 Å². The first-order valence-corrected chi connectivity index (χ1v) is 12.1. The molecule has 1 aliphatic carbocycles. The van der Waals surface area contributed by atoms with E-state index in [-0.39, 0.29) is 30.0 Å². The Labute approximate surface area is 212 Å². The second-order valence-corrected chi connectivity index (χ2v) is 9.85. The number of amides is 1. The van der Waals surface area contributed by atoms with Crippen molar-refractivity contribution in [2.24, 2.45) is 0 Å². The number of carbonyl (C=O) groups excluding carboxylic acids is 1. The Morgan fingerprint density at radius 1 is 1.09 bits per heavy atom. The lowest BCUT2D eigenvalue weighted by Crippen LogP contribution is -2.62. The number of carbonyl (C=O) groups is 2. The predicted octanol–water partition coefficient (Wildman–Crippen LogP) is 3.92. The second kappa shape index (κ2) is 10.2. The van der Waals surface area contributed by atoms with Crippen molar-refractivity contribution >= 4 is 24.3 Å². The number of likely N-dealkylation sites (tertiary alicyclic amines) is 1. The minimum Gasteiger partial charge on any atom is -0.489 e. The highest BCUT2D eigenvalue weighted by Gasteiger charge is 2.53. The van der Waals surface area contributed by atoms with Crippen LogP contribution in [0.1, 0.15) is 53.6 Å². The molecule has 5 rings (SSSR count). The molecule has 2 heterocycles. The van der Waals surface area contributed by atoms with Crippen molar-refractivity contribution in [3.8, 4) is 5.75 Å². The number of nitrogens with one attached hydrogen (secondary N) is 1. The molecule has 35 heavy (non-hydrogen) atoms. The lowest BCUT2D eigenvalue weighted by atomic mass is 9.86. The first-order chi connectivity index (χ1) is 16.4. The Hall–Kier alpha value is -2.61. The van der Waals surface area contributed by atoms with E-state index in [0.717, 1.165) is 37.1 Å². The van der Waals surface area contributed by atoms with Crippen LogP contribution >= 0.6 is 12.4 Å². The summed E-state index contributed by atoms with van der Waals surface area (Å²) in [5.74, 6) is -0.0241. The van der Waals surface area contributed by atoms with Gasteiger partial charge < -0.3 is 19.9 Å². The van der Waals surface area contributed by atoms with E-state index in [4.69, 9.17) is 9.47 Å². The van der Waals surface area contributed by atoms with Gasteiger partial charge in [0, 0.05) is 26.3 Å². The molecule has 2 N–H and O–H groups in total. The summed E-state index contributed by atoms with van der Waals surface area (Å²) in [6.45, 7) is 4.70. The van der Waals surface area contributed by atoms with Crippen molar-refractivity contribution in [1.29, 1.82) is 0 Å². The highest BCUT2D eigenvalue weighted by atomic mass is 35.5. The Balaban J connectivity index is 0.00000289. The average Bonchev–Trinajstić information content (AvgIpc) is 3.47. The van der Waals surface area contributed by atoms with Crippen molar-refractivity contribution in [3.05, 3.63) is 65.2 Å². The summed E-state index contributed by atoms with van der Waals surface area (Å²) in [6, 6.07) is 15.0. The van der Waals surface area contributed by atoms with E-state index in [1.807, 2.05) is 30.3 Å². The normalized spacial score (nSPS) is 22.6. The molecule has 3 fully saturated rings. The van der Waals surface area contributed by atoms with Gasteiger partial charge in [-0.15, -0.1) is 12.4 Å². The zero-order valence-electron chi connectivity index (χ0n) is 20.0. The number of benzene rings is 2. The summed E-state index contributed by atoms with van der Waals surface area (Å²) in [5.41, 5.74) is 1.37. The monoisotopic (exact) mass is 500 g/mol. The maximum absolute atomic E-state index is 13.9. The number of carboxylic acids is 1. The third kappa shape index (κ3) is 5.17. The van der Waals surface area contributed by atoms with E-state index in [1.54, 1.807) is 12.1 Å². The fourth-order valence-corrected chi connectivity index (χ4v) is 5.37. The number of ether oxygens (including phenoxy) is 2. The molecule has 1 saturated carbocycles. The molecule has 188 valence electrons. The average molecular weight is 501 g/mol. The smallest absolute Gasteiger partial charge is 0.335 e. The van der Waals surface area contributed by atoms with Crippen molar-refractivity contribution in [2.75, 3.05) is 26.3 Å². The maximum Gasteiger partial charge on any atom is 0.335 e. The summed E-state index contributed by atoms with van der Waals surface area (Å²) in [6.07, 6.45) is 3.96. The molecule has 0 aromatic heterocycles. The van der Waals surface area contributed by atoms with E-state index in [2.05, 4.69) is 23.2 Å². The zero-order chi connectivity index (χ0) is 23.8. The third-order valence-corrected chi connectivity index (χ3v) is 7.57. The summed E-state index contributed by atoms with van der Waals surface area (Å²) in [4.78, 5) is 27.4. The molecule has 1 atom stereocenters. The van der Waals surface area contributed by atoms with Gasteiger partial charge >= 0.3 is 5.97 Å². The van der Waals surface area contributed by atoms with Gasteiger partial charge in [0.15, 0.2) is 0 Å². The van der Waals surface area contributed by atoms with E-state index in [1.165, 1.54) is 5.56 Å². The molecule has 2 aromatic carbocycles. The van der Waals surface area contributed by atoms with Crippen LogP contribution in [0.15, 0.2) is 48.5 Å². The van der Waals surface area contributed by atoms with Crippen LogP contribution in [-0.2, 0) is 15.1 Å². The Morgan fingerprint density at radius 3 is 2.43 bits per heavy atom. The van der Waals surface area contributed by atoms with Gasteiger partial charge in [-0.05, 0) is 74.4 Å². The van der Waals surface area contributed by atoms with Crippen LogP contribution in [0.25, 0.3) is 0 Å². The highest BCUT2D eigenvalue weighted by molar-refractivity contribution is 5.89. The van der Waals surface area contributed by atoms with Crippen molar-refractivity contribution in [3.63, 3.8) is 0 Å². The zero-order valence-corrected chi connectivity index (χ0v) is 20.8. The number of hydrogen-bond donors (Lipinski definition) is 2. The number of aryl methyl sites for hydroxylation is 1. The van der Waals surface area contributed by atoms with Gasteiger partial charge in [-0.3, -0.25) is 9.69 Å². The molecule has 3 aliphatic rings. The van der Waals surface area contributed by atoms with Crippen LogP contribution in [0.5, 0.6) is 5.75 Å². The number of halogens is 1. The molecule has 0 bridgehead atoms. The molecular weight excluding hydrogens is 468 g/mol. The number of nitrogens with zero attached hydrogens (tertiary/aromatic N) is 1. The van der Waals surface area contributed by atoms with Gasteiger partial charge in [-0.2, -0.15) is 0 Å². The number of rotatable bonds is 7. The van der Waals surface area contributed by atoms with Crippen LogP contribution in [0.4, 0.5) is 0 Å². The van der Waals surface area contributed by atoms with Crippen LogP contribution in [0, 0.1) is 6.92 Å². The second-order valence-electron chi connectivity index (χ2n) is 9.85. The van der Waals surface area contributed by atoms with Gasteiger partial charge in [0.05, 0.1) is 11.1 Å². The Kier molecular flexibility index (Phi) is 7.40. The van der Waals surface area contributed by atoms with E-state index in [9.17, 15) is 14.7 Å². The number of hydrogen-bond acceptors (Lipinski definition) is 5. The molecule has 2 aromatic rings. The molecule has 2 saturated heterocycles. The fourth-order valence-electron chi connectivity index (χ4n) is 5.37. The Morgan fingerprint density at radius 2 is 1.80 bits per heavy atom. The Bertz CT molecular complexity index is 1060. The molecule has 7 nitrogen and oxygen atoms in total. The number of aromatic carboxylic acids is 1. The molecule has 0 radical (unpaired) electrons. The van der Waals surface area contributed by atoms with Crippen molar-refractivity contribution in [2.45, 2.75) is 56.2 Å². The van der Waals surface area contributed by atoms with Gasteiger partial charge in [0.2, 0.25) is 5.91 Å². The quantitative estimate of drug-likeness (QED) is 0.599. The van der Waals surface area contributed by atoms with Gasteiger partial charge in [0.25, 0.3) is 0 Å². The minimum absolute atomic E-state index is 0. The number of carboxylic acid groups (broad SMARTS) is 1. The first kappa shape index (κ1) is 25.5. The molecule has 0 unspecified atom stereocenters. The lowest BCUT2D eigenvalue weighted by Gasteiger charge is -2.43. The van der Waals surface area contributed by atoms with Crippen molar-refractivity contribution < 1.29 is 24.2 Å².